The van der Waals surface area contributed by atoms with Gasteiger partial charge in [-0.3, -0.25) is 0 Å². The first-order valence-electron chi connectivity index (χ1n) is 14.2. The second-order valence-corrected chi connectivity index (χ2v) is 4.08. The molecule has 2 heterocycles. The molecular weight excluding hydrogens is 266 g/mol. The maximum absolute atomic E-state index is 11.6. The number of aryl methyl sites for hydroxylation is 1. The largest absolute Gasteiger partial charge is 0.447 e. The fraction of sp³-hybridized carbons (Fsp3) is 0.438. The summed E-state index contributed by atoms with van der Waals surface area (Å²) in [5.41, 5.74) is -2.49. The van der Waals surface area contributed by atoms with Crippen molar-refractivity contribution in [3.05, 3.63) is 35.5 Å². The molecule has 0 aliphatic carbocycles. The molecule has 0 unspecified atom stereocenters. The Morgan fingerprint density at radius 2 is 2.52 bits per heavy atom. The normalized spacial score (nSPS) is 33.8. The van der Waals surface area contributed by atoms with Crippen LogP contribution in [0.25, 0.3) is 10.9 Å². The van der Waals surface area contributed by atoms with Crippen LogP contribution in [0.2, 0.25) is 2.82 Å². The van der Waals surface area contributed by atoms with Crippen LogP contribution >= 0.6 is 0 Å². The predicted octanol–water partition coefficient (Wildman–Crippen LogP) is 1.92. The highest BCUT2D eigenvalue weighted by Crippen LogP contribution is 2.21. The zero-order valence-electron chi connectivity index (χ0n) is 27.5. The van der Waals surface area contributed by atoms with Crippen LogP contribution in [0.15, 0.2) is 24.3 Å². The zero-order valence-corrected chi connectivity index (χ0v) is 10.5. The highest BCUT2D eigenvalue weighted by Gasteiger charge is 2.22. The lowest BCUT2D eigenvalue weighted by Crippen LogP contribution is -2.28. The van der Waals surface area contributed by atoms with Gasteiger partial charge in [-0.25, -0.2) is 4.79 Å². The quantitative estimate of drug-likeness (QED) is 0.887. The van der Waals surface area contributed by atoms with E-state index in [0.29, 0.717) is 11.2 Å². The molecule has 3 rings (SSSR count). The Bertz CT molecular complexity index is 1270. The molecular formula is C16H21N3O2. The second-order valence-electron chi connectivity index (χ2n) is 4.08. The van der Waals surface area contributed by atoms with Crippen molar-refractivity contribution in [1.29, 1.82) is 0 Å². The molecule has 1 saturated heterocycles. The Kier molecular flexibility index (Phi) is 1.17. The minimum absolute atomic E-state index is 0.131. The first-order valence-corrected chi connectivity index (χ1v) is 5.82. The molecule has 1 aromatic heterocycles. The number of benzene rings is 1. The summed E-state index contributed by atoms with van der Waals surface area (Å²) in [7, 11) is 0. The summed E-state index contributed by atoms with van der Waals surface area (Å²) >= 11 is 0. The number of H-pyrrole nitrogens is 1. The lowest BCUT2D eigenvalue weighted by atomic mass is 10.0. The number of rotatable bonds is 5. The monoisotopic (exact) mass is 304 g/mol. The fourth-order valence-corrected chi connectivity index (χ4v) is 1.76. The zero-order chi connectivity index (χ0) is 29.5. The molecule has 2 N–H and O–H groups in total. The SMILES string of the molecule is [2H]c1c(C([2H])([2H])[C@H]2COC(=O)N2[2H])c([2H])c2c(C([2H])([2H])C([2H])([2H])N(C([2H])([2H])[2H])C([2H])([2H])[2H])cn([2H])c2c1[2H]. The van der Waals surface area contributed by atoms with E-state index >= 15 is 0 Å². The van der Waals surface area contributed by atoms with Gasteiger partial charge in [-0.1, -0.05) is 6.04 Å². The van der Waals surface area contributed by atoms with Crippen molar-refractivity contribution in [2.24, 2.45) is 0 Å². The van der Waals surface area contributed by atoms with Gasteiger partial charge in [0.1, 0.15) is 6.61 Å². The lowest BCUT2D eigenvalue weighted by molar-refractivity contribution is 0.177. The average Bonchev–Trinajstić information content (AvgIpc) is 3.24. The third kappa shape index (κ3) is 3.19. The number of nitrogens with zero attached hydrogens (tertiary/aromatic N) is 1. The minimum atomic E-state index is -3.85. The smallest absolute Gasteiger partial charge is 0.407 e. The van der Waals surface area contributed by atoms with E-state index in [-0.39, 0.29) is 5.31 Å². The number of hydrogen-bond donors (Lipinski definition) is 2. The number of alkyl carbamates (subject to hydrolysis) is 1. The van der Waals surface area contributed by atoms with Crippen LogP contribution in [0.1, 0.15) is 31.7 Å². The van der Waals surface area contributed by atoms with Crippen LogP contribution in [0.5, 0.6) is 0 Å². The molecule has 21 heavy (non-hydrogen) atoms. The van der Waals surface area contributed by atoms with E-state index < -0.39 is 97.0 Å². The predicted molar refractivity (Wildman–Crippen MR) is 82.5 cm³/mol. The molecule has 5 heteroatoms. The van der Waals surface area contributed by atoms with Gasteiger partial charge in [-0.2, -0.15) is 0 Å². The van der Waals surface area contributed by atoms with Crippen molar-refractivity contribution >= 4 is 17.0 Å². The molecule has 2 aromatic rings. The Labute approximate surface area is 148 Å². The number of hydrogen-bond acceptors (Lipinski definition) is 3. The number of nitrogens with one attached hydrogen (secondary N) is 2. The number of aromatic nitrogens is 1. The van der Waals surface area contributed by atoms with Crippen molar-refractivity contribution in [2.75, 3.05) is 27.1 Å². The number of ether oxygens (including phenoxy) is 1. The van der Waals surface area contributed by atoms with E-state index in [2.05, 4.69) is 4.74 Å². The highest BCUT2D eigenvalue weighted by molar-refractivity contribution is 5.84. The van der Waals surface area contributed by atoms with Crippen molar-refractivity contribution in [3.8, 4) is 0 Å². The Morgan fingerprint density at radius 3 is 3.29 bits per heavy atom. The molecule has 5 nitrogen and oxygen atoms in total. The number of aromatic amines is 1. The molecule has 1 aliphatic rings. The maximum atomic E-state index is 11.6. The molecule has 1 aliphatic heterocycles. The van der Waals surface area contributed by atoms with Crippen LogP contribution < -0.4 is 5.31 Å². The second kappa shape index (κ2) is 5.77. The highest BCUT2D eigenvalue weighted by atomic mass is 16.6. The van der Waals surface area contributed by atoms with Crippen LogP contribution in [-0.2, 0) is 17.5 Å². The summed E-state index contributed by atoms with van der Waals surface area (Å²) in [6, 6.07) is -4.54. The molecule has 1 amide bonds. The van der Waals surface area contributed by atoms with Gasteiger partial charge in [0.05, 0.1) is 10.2 Å². The Balaban J connectivity index is 2.39. The van der Waals surface area contributed by atoms with Crippen molar-refractivity contribution in [2.45, 2.75) is 18.8 Å². The molecule has 0 bridgehead atoms. The summed E-state index contributed by atoms with van der Waals surface area (Å²) in [6.07, 6.45) is -7.17. The van der Waals surface area contributed by atoms with Gasteiger partial charge in [0.2, 0.25) is 0 Å². The van der Waals surface area contributed by atoms with E-state index in [1.54, 1.807) is 0 Å². The first-order chi connectivity index (χ1) is 16.9. The van der Waals surface area contributed by atoms with Crippen molar-refractivity contribution in [3.63, 3.8) is 0 Å². The first kappa shape index (κ1) is 4.26. The summed E-state index contributed by atoms with van der Waals surface area (Å²) in [6.45, 7) is -11.9. The van der Waals surface area contributed by atoms with Crippen LogP contribution in [0, 0.1) is 0 Å². The van der Waals surface area contributed by atoms with Crippen LogP contribution in [0.3, 0.4) is 0 Å². The van der Waals surface area contributed by atoms with Crippen molar-refractivity contribution < 1.29 is 32.9 Å². The third-order valence-electron chi connectivity index (χ3n) is 2.62. The molecule has 1 fully saturated rings. The van der Waals surface area contributed by atoms with Gasteiger partial charge in [0, 0.05) is 40.0 Å². The Hall–Kier alpha value is -2.01. The van der Waals surface area contributed by atoms with E-state index in [9.17, 15) is 4.79 Å². The van der Waals surface area contributed by atoms with Gasteiger partial charge in [-0.05, 0) is 49.9 Å². The third-order valence-corrected chi connectivity index (χ3v) is 2.62. The number of amides is 1. The topological polar surface area (TPSA) is 57.4 Å². The van der Waals surface area contributed by atoms with E-state index in [1.807, 2.05) is 0 Å². The number of cyclic esters (lactones) is 1. The van der Waals surface area contributed by atoms with Gasteiger partial charge in [-0.15, -0.1) is 0 Å². The van der Waals surface area contributed by atoms with Gasteiger partial charge in [0.15, 0.2) is 2.82 Å². The number of fused-ring (bicyclic) bond motifs is 1. The summed E-state index contributed by atoms with van der Waals surface area (Å²) in [4.78, 5) is 11.3. The average molecular weight is 304 g/mol. The van der Waals surface area contributed by atoms with Crippen molar-refractivity contribution in [1.82, 2.24) is 15.2 Å². The van der Waals surface area contributed by atoms with Crippen LogP contribution in [-0.4, -0.2) is 49.1 Å². The van der Waals surface area contributed by atoms with E-state index in [0.717, 1.165) is 0 Å². The molecule has 0 radical (unpaired) electrons. The maximum Gasteiger partial charge on any atom is 0.407 e. The molecule has 112 valence electrons. The standard InChI is InChI=1S/C16H21N3O2/c1-19(2)6-5-12-9-17-15-4-3-11(8-14(12)15)7-13-10-21-16(20)18-13/h3-4,8-9,13,17H,5-7,10H2,1-2H3,(H,18,20)/t13-/m0/s1/i1D3,2D3,3D,4D,5D2,6D2,7D2,8D/hD2. The summed E-state index contributed by atoms with van der Waals surface area (Å²) < 4.78 is 141. The minimum Gasteiger partial charge on any atom is -0.447 e. The molecule has 1 aromatic carbocycles. The van der Waals surface area contributed by atoms with Crippen LogP contribution in [0.4, 0.5) is 4.79 Å². The molecule has 1 atom stereocenters. The number of carbonyl (C=O) groups is 1. The fourth-order valence-electron chi connectivity index (χ4n) is 1.76. The van der Waals surface area contributed by atoms with Gasteiger partial charge < -0.3 is 19.9 Å². The summed E-state index contributed by atoms with van der Waals surface area (Å²) in [5, 5.41) is -0.627. The van der Waals surface area contributed by atoms with Gasteiger partial charge in [0.25, 0.3) is 0 Å². The number of carbonyl (C=O) groups excluding carboxylic acids is 1. The number of likely N-dealkylation sites (N-methyl/N-ethyl adjacent to an activating group) is 1. The van der Waals surface area contributed by atoms with E-state index in [4.69, 9.17) is 23.4 Å². The lowest BCUT2D eigenvalue weighted by Gasteiger charge is -2.09. The summed E-state index contributed by atoms with van der Waals surface area (Å²) in [5.74, 6) is 0. The molecule has 0 saturated carbocycles. The molecule has 0 spiro atoms. The van der Waals surface area contributed by atoms with Gasteiger partial charge >= 0.3 is 6.09 Å². The Morgan fingerprint density at radius 1 is 1.62 bits per heavy atom. The van der Waals surface area contributed by atoms with E-state index in [1.165, 1.54) is 0 Å².